The molecule has 20 heavy (non-hydrogen) atoms. The lowest BCUT2D eigenvalue weighted by Gasteiger charge is -2.40. The van der Waals surface area contributed by atoms with Gasteiger partial charge in [0, 0.05) is 31.6 Å². The molecule has 0 atom stereocenters. The molecule has 0 aromatic heterocycles. The number of carbonyl (C=O) groups excluding carboxylic acids is 1. The molecule has 6 heteroatoms. The lowest BCUT2D eigenvalue weighted by molar-refractivity contribution is 0.125. The van der Waals surface area contributed by atoms with Crippen molar-refractivity contribution < 1.29 is 10.0 Å². The largest absolute Gasteiger partial charge is 0.409 e. The van der Waals surface area contributed by atoms with Gasteiger partial charge in [0.05, 0.1) is 0 Å². The van der Waals surface area contributed by atoms with Crippen LogP contribution in [0, 0.1) is 5.41 Å². The van der Waals surface area contributed by atoms with Gasteiger partial charge in [0.15, 0.2) is 0 Å². The topological polar surface area (TPSA) is 82.2 Å². The van der Waals surface area contributed by atoms with Crippen molar-refractivity contribution in [2.45, 2.75) is 45.4 Å². The fraction of sp³-hybridized carbons (Fsp3) is 0.857. The average molecular weight is 282 g/mol. The lowest BCUT2D eigenvalue weighted by atomic mass is 9.79. The van der Waals surface area contributed by atoms with Crippen LogP contribution in [0.3, 0.4) is 0 Å². The van der Waals surface area contributed by atoms with Crippen molar-refractivity contribution in [3.05, 3.63) is 0 Å². The maximum absolute atomic E-state index is 12.5. The van der Waals surface area contributed by atoms with Crippen molar-refractivity contribution in [2.75, 3.05) is 26.2 Å². The Hall–Kier alpha value is -1.46. The van der Waals surface area contributed by atoms with Crippen LogP contribution in [-0.2, 0) is 0 Å². The summed E-state index contributed by atoms with van der Waals surface area (Å²) in [6.07, 6.45) is 6.18. The monoisotopic (exact) mass is 282 g/mol. The number of rotatable bonds is 1. The van der Waals surface area contributed by atoms with E-state index in [0.717, 1.165) is 38.8 Å². The number of oxime groups is 1. The maximum Gasteiger partial charge on any atom is 0.319 e. The summed E-state index contributed by atoms with van der Waals surface area (Å²) in [7, 11) is 0. The number of nitrogens with zero attached hydrogens (tertiary/aromatic N) is 3. The molecular weight excluding hydrogens is 256 g/mol. The summed E-state index contributed by atoms with van der Waals surface area (Å²) in [5.41, 5.74) is 5.47. The zero-order valence-electron chi connectivity index (χ0n) is 12.3. The summed E-state index contributed by atoms with van der Waals surface area (Å²) in [6.45, 7) is 5.12. The third-order valence-electron chi connectivity index (χ3n) is 4.74. The number of piperidine rings is 1. The number of hydrogen-bond donors (Lipinski definition) is 2. The molecule has 2 amide bonds. The minimum Gasteiger partial charge on any atom is -0.409 e. The van der Waals surface area contributed by atoms with Gasteiger partial charge in [-0.1, -0.05) is 24.9 Å². The van der Waals surface area contributed by atoms with E-state index in [1.165, 1.54) is 12.8 Å². The smallest absolute Gasteiger partial charge is 0.319 e. The lowest BCUT2D eigenvalue weighted by Crippen LogP contribution is -2.51. The van der Waals surface area contributed by atoms with Gasteiger partial charge in [0.1, 0.15) is 5.84 Å². The highest BCUT2D eigenvalue weighted by Crippen LogP contribution is 2.31. The Balaban J connectivity index is 1.91. The summed E-state index contributed by atoms with van der Waals surface area (Å²) in [4.78, 5) is 16.4. The van der Waals surface area contributed by atoms with Crippen LogP contribution in [-0.4, -0.2) is 53.1 Å². The van der Waals surface area contributed by atoms with E-state index in [1.54, 1.807) is 0 Å². The molecule has 6 nitrogen and oxygen atoms in total. The molecule has 2 fully saturated rings. The second-order valence-corrected chi connectivity index (χ2v) is 6.22. The summed E-state index contributed by atoms with van der Waals surface area (Å²) in [5.74, 6) is 0.277. The maximum atomic E-state index is 12.5. The van der Waals surface area contributed by atoms with Gasteiger partial charge in [-0.25, -0.2) is 4.79 Å². The number of amidine groups is 1. The van der Waals surface area contributed by atoms with Crippen molar-refractivity contribution in [1.29, 1.82) is 0 Å². The number of hydrogen-bond acceptors (Lipinski definition) is 3. The van der Waals surface area contributed by atoms with E-state index >= 15 is 0 Å². The number of amides is 2. The Morgan fingerprint density at radius 3 is 2.05 bits per heavy atom. The molecule has 2 heterocycles. The van der Waals surface area contributed by atoms with Gasteiger partial charge < -0.3 is 20.7 Å². The van der Waals surface area contributed by atoms with Gasteiger partial charge in [0.2, 0.25) is 0 Å². The van der Waals surface area contributed by atoms with Gasteiger partial charge in [-0.3, -0.25) is 0 Å². The molecule has 0 radical (unpaired) electrons. The van der Waals surface area contributed by atoms with E-state index in [1.807, 2.05) is 16.7 Å². The molecule has 0 bridgehead atoms. The third-order valence-corrected chi connectivity index (χ3v) is 4.74. The Bertz CT molecular complexity index is 367. The van der Waals surface area contributed by atoms with E-state index in [4.69, 9.17) is 10.9 Å². The molecule has 2 rings (SSSR count). The normalized spacial score (nSPS) is 24.4. The highest BCUT2D eigenvalue weighted by atomic mass is 16.4. The van der Waals surface area contributed by atoms with Gasteiger partial charge in [-0.15, -0.1) is 0 Å². The molecule has 2 aliphatic heterocycles. The second-order valence-electron chi connectivity index (χ2n) is 6.22. The predicted octanol–water partition coefficient (Wildman–Crippen LogP) is 1.83. The van der Waals surface area contributed by atoms with Crippen LogP contribution < -0.4 is 5.73 Å². The standard InChI is InChI=1S/C14H26N4O2/c1-14(12(15)16-20)6-10-18(11-7-14)13(19)17-8-4-2-3-5-9-17/h20H,2-11H2,1H3,(H2,15,16). The molecule has 0 aromatic rings. The summed E-state index contributed by atoms with van der Waals surface area (Å²) >= 11 is 0. The molecule has 0 saturated carbocycles. The Morgan fingerprint density at radius 1 is 1.05 bits per heavy atom. The SMILES string of the molecule is CC1(C(N)=NO)CCN(C(=O)N2CCCCCC2)CC1. The van der Waals surface area contributed by atoms with E-state index in [0.29, 0.717) is 13.1 Å². The van der Waals surface area contributed by atoms with Crippen molar-refractivity contribution in [3.63, 3.8) is 0 Å². The van der Waals surface area contributed by atoms with Gasteiger partial charge in [-0.05, 0) is 25.7 Å². The molecule has 0 unspecified atom stereocenters. The van der Waals surface area contributed by atoms with Crippen molar-refractivity contribution in [2.24, 2.45) is 16.3 Å². The Labute approximate surface area is 120 Å². The van der Waals surface area contributed by atoms with Crippen LogP contribution in [0.4, 0.5) is 4.79 Å². The summed E-state index contributed by atoms with van der Waals surface area (Å²) in [5, 5.41) is 12.0. The Kier molecular flexibility index (Phi) is 4.73. The van der Waals surface area contributed by atoms with Gasteiger partial charge >= 0.3 is 6.03 Å². The zero-order chi connectivity index (χ0) is 14.6. The van der Waals surface area contributed by atoms with Crippen LogP contribution in [0.15, 0.2) is 5.16 Å². The van der Waals surface area contributed by atoms with E-state index in [2.05, 4.69) is 5.16 Å². The molecule has 2 saturated heterocycles. The molecule has 0 aromatic carbocycles. The fourth-order valence-electron chi connectivity index (χ4n) is 3.03. The van der Waals surface area contributed by atoms with E-state index in [9.17, 15) is 4.79 Å². The van der Waals surface area contributed by atoms with Crippen LogP contribution >= 0.6 is 0 Å². The van der Waals surface area contributed by atoms with Crippen LogP contribution in [0.25, 0.3) is 0 Å². The number of likely N-dealkylation sites (tertiary alicyclic amines) is 2. The van der Waals surface area contributed by atoms with Crippen LogP contribution in [0.2, 0.25) is 0 Å². The van der Waals surface area contributed by atoms with Crippen molar-refractivity contribution >= 4 is 11.9 Å². The first-order valence-corrected chi connectivity index (χ1v) is 7.59. The molecular formula is C14H26N4O2. The zero-order valence-corrected chi connectivity index (χ0v) is 12.3. The number of urea groups is 1. The van der Waals surface area contributed by atoms with E-state index < -0.39 is 0 Å². The summed E-state index contributed by atoms with van der Waals surface area (Å²) < 4.78 is 0. The minimum atomic E-state index is -0.287. The van der Waals surface area contributed by atoms with E-state index in [-0.39, 0.29) is 17.3 Å². The Morgan fingerprint density at radius 2 is 1.55 bits per heavy atom. The molecule has 0 aliphatic carbocycles. The highest BCUT2D eigenvalue weighted by Gasteiger charge is 2.36. The molecule has 2 aliphatic rings. The predicted molar refractivity (Wildman–Crippen MR) is 77.8 cm³/mol. The highest BCUT2D eigenvalue weighted by molar-refractivity contribution is 5.86. The minimum absolute atomic E-state index is 0.161. The van der Waals surface area contributed by atoms with Gasteiger partial charge in [0.25, 0.3) is 0 Å². The van der Waals surface area contributed by atoms with Crippen molar-refractivity contribution in [3.8, 4) is 0 Å². The molecule has 114 valence electrons. The van der Waals surface area contributed by atoms with Gasteiger partial charge in [-0.2, -0.15) is 0 Å². The molecule has 0 spiro atoms. The summed E-state index contributed by atoms with van der Waals surface area (Å²) in [6, 6.07) is 0.161. The first-order valence-electron chi connectivity index (χ1n) is 7.59. The van der Waals surface area contributed by atoms with Crippen LogP contribution in [0.1, 0.15) is 45.4 Å². The van der Waals surface area contributed by atoms with Crippen molar-refractivity contribution in [1.82, 2.24) is 9.80 Å². The first-order chi connectivity index (χ1) is 9.57. The second kappa shape index (κ2) is 6.33. The molecule has 3 N–H and O–H groups in total. The quantitative estimate of drug-likeness (QED) is 0.333. The van der Waals surface area contributed by atoms with Crippen LogP contribution in [0.5, 0.6) is 0 Å². The number of nitrogens with two attached hydrogens (primary N) is 1. The first kappa shape index (κ1) is 14.9. The fourth-order valence-corrected chi connectivity index (χ4v) is 3.03. The average Bonchev–Trinajstić information content (AvgIpc) is 2.75. The number of carbonyl (C=O) groups is 1. The third kappa shape index (κ3) is 3.16.